The standard InChI is InChI=1S/C10H15N3O2/c1-2-5-13(7-10(14)15)6-9-3-4-11-8-12-9/h3-4,8H,2,5-7H2,1H3,(H,14,15). The van der Waals surface area contributed by atoms with Crippen LogP contribution in [-0.2, 0) is 11.3 Å². The molecule has 82 valence electrons. The maximum absolute atomic E-state index is 10.6. The van der Waals surface area contributed by atoms with Gasteiger partial charge in [0.25, 0.3) is 0 Å². The van der Waals surface area contributed by atoms with Crippen molar-refractivity contribution in [1.29, 1.82) is 0 Å². The maximum atomic E-state index is 10.6. The summed E-state index contributed by atoms with van der Waals surface area (Å²) in [5.74, 6) is -0.808. The molecule has 0 aliphatic carbocycles. The summed E-state index contributed by atoms with van der Waals surface area (Å²) < 4.78 is 0. The van der Waals surface area contributed by atoms with E-state index in [1.165, 1.54) is 6.33 Å². The summed E-state index contributed by atoms with van der Waals surface area (Å²) in [7, 11) is 0. The highest BCUT2D eigenvalue weighted by Gasteiger charge is 2.09. The van der Waals surface area contributed by atoms with Crippen LogP contribution < -0.4 is 0 Å². The van der Waals surface area contributed by atoms with Crippen molar-refractivity contribution in [3.05, 3.63) is 24.3 Å². The Morgan fingerprint density at radius 2 is 2.40 bits per heavy atom. The van der Waals surface area contributed by atoms with Gasteiger partial charge in [0.05, 0.1) is 12.2 Å². The summed E-state index contributed by atoms with van der Waals surface area (Å²) in [6.07, 6.45) is 4.06. The van der Waals surface area contributed by atoms with Gasteiger partial charge in [-0.15, -0.1) is 0 Å². The van der Waals surface area contributed by atoms with Gasteiger partial charge in [-0.05, 0) is 19.0 Å². The van der Waals surface area contributed by atoms with Gasteiger partial charge in [-0.25, -0.2) is 9.97 Å². The molecule has 0 aliphatic heterocycles. The number of aliphatic carboxylic acids is 1. The smallest absolute Gasteiger partial charge is 0.317 e. The maximum Gasteiger partial charge on any atom is 0.317 e. The number of carboxylic acids is 1. The molecule has 1 aromatic rings. The van der Waals surface area contributed by atoms with E-state index in [4.69, 9.17) is 5.11 Å². The van der Waals surface area contributed by atoms with Crippen molar-refractivity contribution >= 4 is 5.97 Å². The lowest BCUT2D eigenvalue weighted by atomic mass is 10.3. The van der Waals surface area contributed by atoms with Gasteiger partial charge in [0, 0.05) is 12.7 Å². The number of carbonyl (C=O) groups is 1. The number of rotatable bonds is 6. The van der Waals surface area contributed by atoms with Crippen LogP contribution in [0, 0.1) is 0 Å². The quantitative estimate of drug-likeness (QED) is 0.749. The summed E-state index contributed by atoms with van der Waals surface area (Å²) in [4.78, 5) is 20.3. The second-order valence-corrected chi connectivity index (χ2v) is 3.31. The second-order valence-electron chi connectivity index (χ2n) is 3.31. The molecule has 5 nitrogen and oxygen atoms in total. The first-order valence-electron chi connectivity index (χ1n) is 4.91. The van der Waals surface area contributed by atoms with Crippen molar-refractivity contribution in [3.63, 3.8) is 0 Å². The summed E-state index contributed by atoms with van der Waals surface area (Å²) in [5, 5.41) is 8.71. The molecule has 0 radical (unpaired) electrons. The second kappa shape index (κ2) is 6.08. The van der Waals surface area contributed by atoms with Crippen molar-refractivity contribution in [2.24, 2.45) is 0 Å². The lowest BCUT2D eigenvalue weighted by molar-refractivity contribution is -0.138. The fraction of sp³-hybridized carbons (Fsp3) is 0.500. The third-order valence-electron chi connectivity index (χ3n) is 1.93. The molecule has 1 heterocycles. The molecule has 0 aliphatic rings. The molecule has 1 aromatic heterocycles. The van der Waals surface area contributed by atoms with Crippen LogP contribution in [-0.4, -0.2) is 39.0 Å². The van der Waals surface area contributed by atoms with Crippen molar-refractivity contribution in [2.75, 3.05) is 13.1 Å². The minimum atomic E-state index is -0.808. The largest absolute Gasteiger partial charge is 0.480 e. The average Bonchev–Trinajstić information content (AvgIpc) is 2.18. The highest BCUT2D eigenvalue weighted by molar-refractivity contribution is 5.69. The summed E-state index contributed by atoms with van der Waals surface area (Å²) in [6, 6.07) is 1.80. The minimum Gasteiger partial charge on any atom is -0.480 e. The molecule has 0 amide bonds. The van der Waals surface area contributed by atoms with E-state index >= 15 is 0 Å². The van der Waals surface area contributed by atoms with Gasteiger partial charge in [-0.2, -0.15) is 0 Å². The van der Waals surface area contributed by atoms with E-state index in [2.05, 4.69) is 9.97 Å². The van der Waals surface area contributed by atoms with Gasteiger partial charge < -0.3 is 5.11 Å². The minimum absolute atomic E-state index is 0.0534. The first-order chi connectivity index (χ1) is 7.22. The van der Waals surface area contributed by atoms with E-state index in [0.29, 0.717) is 6.54 Å². The average molecular weight is 209 g/mol. The van der Waals surface area contributed by atoms with Crippen LogP contribution in [0.5, 0.6) is 0 Å². The normalized spacial score (nSPS) is 10.5. The fourth-order valence-corrected chi connectivity index (χ4v) is 1.36. The Hall–Kier alpha value is -1.49. The molecule has 0 fully saturated rings. The number of aromatic nitrogens is 2. The van der Waals surface area contributed by atoms with E-state index in [-0.39, 0.29) is 6.54 Å². The van der Waals surface area contributed by atoms with E-state index in [1.807, 2.05) is 11.8 Å². The Morgan fingerprint density at radius 1 is 1.60 bits per heavy atom. The summed E-state index contributed by atoms with van der Waals surface area (Å²) >= 11 is 0. The van der Waals surface area contributed by atoms with Crippen molar-refractivity contribution in [1.82, 2.24) is 14.9 Å². The molecule has 15 heavy (non-hydrogen) atoms. The van der Waals surface area contributed by atoms with E-state index in [9.17, 15) is 4.79 Å². The fourth-order valence-electron chi connectivity index (χ4n) is 1.36. The van der Waals surface area contributed by atoms with Crippen LogP contribution in [0.3, 0.4) is 0 Å². The van der Waals surface area contributed by atoms with Crippen LogP contribution in [0.2, 0.25) is 0 Å². The molecule has 0 aromatic carbocycles. The molecule has 1 rings (SSSR count). The Kier molecular flexibility index (Phi) is 4.70. The number of nitrogens with zero attached hydrogens (tertiary/aromatic N) is 3. The van der Waals surface area contributed by atoms with Crippen molar-refractivity contribution in [3.8, 4) is 0 Å². The van der Waals surface area contributed by atoms with Gasteiger partial charge in [0.2, 0.25) is 0 Å². The zero-order valence-corrected chi connectivity index (χ0v) is 8.76. The third kappa shape index (κ3) is 4.51. The number of hydrogen-bond acceptors (Lipinski definition) is 4. The predicted molar refractivity (Wildman–Crippen MR) is 55.2 cm³/mol. The molecule has 0 spiro atoms. The third-order valence-corrected chi connectivity index (χ3v) is 1.93. The topological polar surface area (TPSA) is 66.3 Å². The Bertz CT molecular complexity index is 303. The van der Waals surface area contributed by atoms with Crippen LogP contribution in [0.25, 0.3) is 0 Å². The van der Waals surface area contributed by atoms with E-state index < -0.39 is 5.97 Å². The highest BCUT2D eigenvalue weighted by Crippen LogP contribution is 2.00. The monoisotopic (exact) mass is 209 g/mol. The van der Waals surface area contributed by atoms with Crippen LogP contribution >= 0.6 is 0 Å². The summed E-state index contributed by atoms with van der Waals surface area (Å²) in [5.41, 5.74) is 0.847. The first kappa shape index (κ1) is 11.6. The van der Waals surface area contributed by atoms with E-state index in [1.54, 1.807) is 12.3 Å². The number of hydrogen-bond donors (Lipinski definition) is 1. The molecule has 0 saturated heterocycles. The Balaban J connectivity index is 2.54. The number of carboxylic acid groups (broad SMARTS) is 1. The highest BCUT2D eigenvalue weighted by atomic mass is 16.4. The summed E-state index contributed by atoms with van der Waals surface area (Å²) in [6.45, 7) is 3.39. The van der Waals surface area contributed by atoms with Gasteiger partial charge >= 0.3 is 5.97 Å². The Morgan fingerprint density at radius 3 is 2.93 bits per heavy atom. The van der Waals surface area contributed by atoms with Crippen molar-refractivity contribution in [2.45, 2.75) is 19.9 Å². The van der Waals surface area contributed by atoms with Crippen LogP contribution in [0.15, 0.2) is 18.6 Å². The molecule has 0 saturated carbocycles. The van der Waals surface area contributed by atoms with Crippen LogP contribution in [0.4, 0.5) is 0 Å². The van der Waals surface area contributed by atoms with Gasteiger partial charge in [0.1, 0.15) is 6.33 Å². The van der Waals surface area contributed by atoms with Gasteiger partial charge in [-0.1, -0.05) is 6.92 Å². The van der Waals surface area contributed by atoms with Gasteiger partial charge in [-0.3, -0.25) is 9.69 Å². The first-order valence-corrected chi connectivity index (χ1v) is 4.91. The Labute approximate surface area is 88.8 Å². The molecular formula is C10H15N3O2. The molecule has 0 unspecified atom stereocenters. The predicted octanol–water partition coefficient (Wildman–Crippen LogP) is 0.773. The van der Waals surface area contributed by atoms with Crippen molar-refractivity contribution < 1.29 is 9.90 Å². The van der Waals surface area contributed by atoms with E-state index in [0.717, 1.165) is 18.7 Å². The molecule has 0 atom stereocenters. The molecule has 5 heteroatoms. The lowest BCUT2D eigenvalue weighted by Gasteiger charge is -2.18. The zero-order valence-electron chi connectivity index (χ0n) is 8.76. The molecular weight excluding hydrogens is 194 g/mol. The molecule has 0 bridgehead atoms. The zero-order chi connectivity index (χ0) is 11.1. The van der Waals surface area contributed by atoms with Crippen LogP contribution in [0.1, 0.15) is 19.0 Å². The lowest BCUT2D eigenvalue weighted by Crippen LogP contribution is -2.30. The molecule has 1 N–H and O–H groups in total. The SMILES string of the molecule is CCCN(CC(=O)O)Cc1ccncn1. The van der Waals surface area contributed by atoms with Gasteiger partial charge in [0.15, 0.2) is 0 Å².